The van der Waals surface area contributed by atoms with E-state index in [0.717, 1.165) is 25.0 Å². The minimum Gasteiger partial charge on any atom is -0.385 e. The molecule has 0 bridgehead atoms. The maximum absolute atomic E-state index is 5.43. The molecule has 0 amide bonds. The predicted octanol–water partition coefficient (Wildman–Crippen LogP) is 3.75. The van der Waals surface area contributed by atoms with Crippen molar-refractivity contribution in [1.29, 1.82) is 0 Å². The highest BCUT2D eigenvalue weighted by atomic mass is 16.5. The molecule has 0 aromatic rings. The maximum atomic E-state index is 5.43. The van der Waals surface area contributed by atoms with Gasteiger partial charge in [0.1, 0.15) is 0 Å². The minimum absolute atomic E-state index is 0.505. The molecule has 1 rings (SSSR count). The molecule has 2 atom stereocenters. The lowest BCUT2D eigenvalue weighted by atomic mass is 9.90. The number of ether oxygens (including phenoxy) is 2. The molecule has 2 nitrogen and oxygen atoms in total. The first-order chi connectivity index (χ1) is 7.13. The Morgan fingerprint density at radius 2 is 1.80 bits per heavy atom. The van der Waals surface area contributed by atoms with E-state index in [9.17, 15) is 0 Å². The molecular weight excluding hydrogens is 188 g/mol. The minimum atomic E-state index is 0.505. The standard InChI is InChI=1S/C8H16O.C3H8O.C2H6/c1-6(2)8-4-5-9-7(8)3;1-3-4-2;1-2/h6-8H,4-5H2,1-3H3;3H2,1-2H3;1-2H3. The van der Waals surface area contributed by atoms with Gasteiger partial charge in [-0.05, 0) is 32.1 Å². The third-order valence-corrected chi connectivity index (χ3v) is 2.58. The molecule has 0 aromatic heterocycles. The summed E-state index contributed by atoms with van der Waals surface area (Å²) in [5, 5.41) is 0. The maximum Gasteiger partial charge on any atom is 0.0578 e. The van der Waals surface area contributed by atoms with Crippen LogP contribution in [0.5, 0.6) is 0 Å². The molecule has 2 heteroatoms. The molecule has 15 heavy (non-hydrogen) atoms. The first-order valence-electron chi connectivity index (χ1n) is 6.24. The van der Waals surface area contributed by atoms with Gasteiger partial charge in [-0.25, -0.2) is 0 Å². The van der Waals surface area contributed by atoms with E-state index >= 15 is 0 Å². The lowest BCUT2D eigenvalue weighted by molar-refractivity contribution is 0.0946. The van der Waals surface area contributed by atoms with Crippen molar-refractivity contribution in [2.75, 3.05) is 20.3 Å². The van der Waals surface area contributed by atoms with Crippen LogP contribution in [0.3, 0.4) is 0 Å². The summed E-state index contributed by atoms with van der Waals surface area (Å²) >= 11 is 0. The van der Waals surface area contributed by atoms with Gasteiger partial charge in [-0.15, -0.1) is 0 Å². The molecule has 1 aliphatic heterocycles. The number of rotatable bonds is 2. The Hall–Kier alpha value is -0.0800. The summed E-state index contributed by atoms with van der Waals surface area (Å²) < 4.78 is 9.97. The molecule has 1 heterocycles. The molecule has 94 valence electrons. The van der Waals surface area contributed by atoms with Crippen molar-refractivity contribution in [3.8, 4) is 0 Å². The lowest BCUT2D eigenvalue weighted by Crippen LogP contribution is -2.16. The second-order valence-corrected chi connectivity index (χ2v) is 3.85. The summed E-state index contributed by atoms with van der Waals surface area (Å²) in [6, 6.07) is 0. The van der Waals surface area contributed by atoms with Gasteiger partial charge in [-0.2, -0.15) is 0 Å². The van der Waals surface area contributed by atoms with E-state index in [0.29, 0.717) is 6.10 Å². The van der Waals surface area contributed by atoms with Crippen LogP contribution in [-0.2, 0) is 9.47 Å². The van der Waals surface area contributed by atoms with Gasteiger partial charge < -0.3 is 9.47 Å². The zero-order chi connectivity index (χ0) is 12.3. The summed E-state index contributed by atoms with van der Waals surface area (Å²) in [4.78, 5) is 0. The van der Waals surface area contributed by atoms with Crippen LogP contribution in [0, 0.1) is 11.8 Å². The normalized spacial score (nSPS) is 24.0. The molecule has 0 N–H and O–H groups in total. The van der Waals surface area contributed by atoms with Crippen LogP contribution in [0.15, 0.2) is 0 Å². The summed E-state index contributed by atoms with van der Waals surface area (Å²) in [6.45, 7) is 14.5. The summed E-state index contributed by atoms with van der Waals surface area (Å²) in [7, 11) is 1.68. The molecule has 1 aliphatic rings. The highest BCUT2D eigenvalue weighted by molar-refractivity contribution is 4.74. The van der Waals surface area contributed by atoms with Gasteiger partial charge in [0.2, 0.25) is 0 Å². The zero-order valence-corrected chi connectivity index (χ0v) is 11.7. The van der Waals surface area contributed by atoms with Crippen LogP contribution in [0.25, 0.3) is 0 Å². The number of hydrogen-bond acceptors (Lipinski definition) is 2. The van der Waals surface area contributed by atoms with Crippen LogP contribution < -0.4 is 0 Å². The van der Waals surface area contributed by atoms with E-state index in [1.165, 1.54) is 6.42 Å². The highest BCUT2D eigenvalue weighted by Crippen LogP contribution is 2.26. The molecule has 1 fully saturated rings. The summed E-state index contributed by atoms with van der Waals surface area (Å²) in [5.74, 6) is 1.60. The van der Waals surface area contributed by atoms with Crippen molar-refractivity contribution in [2.45, 2.75) is 54.1 Å². The quantitative estimate of drug-likeness (QED) is 0.703. The van der Waals surface area contributed by atoms with Gasteiger partial charge in [0, 0.05) is 20.3 Å². The third kappa shape index (κ3) is 8.88. The summed E-state index contributed by atoms with van der Waals surface area (Å²) in [5.41, 5.74) is 0. The summed E-state index contributed by atoms with van der Waals surface area (Å²) in [6.07, 6.45) is 1.77. The van der Waals surface area contributed by atoms with Gasteiger partial charge in [0.05, 0.1) is 6.10 Å². The van der Waals surface area contributed by atoms with E-state index < -0.39 is 0 Å². The molecule has 0 radical (unpaired) electrons. The Morgan fingerprint density at radius 1 is 1.33 bits per heavy atom. The van der Waals surface area contributed by atoms with Crippen molar-refractivity contribution in [3.05, 3.63) is 0 Å². The average molecular weight is 218 g/mol. The first kappa shape index (κ1) is 17.3. The fourth-order valence-electron chi connectivity index (χ4n) is 1.62. The van der Waals surface area contributed by atoms with Crippen LogP contribution in [0.2, 0.25) is 0 Å². The Bertz CT molecular complexity index is 111. The topological polar surface area (TPSA) is 18.5 Å². The SMILES string of the molecule is CC.CC(C)C1CCOC1C.CCOC. The fourth-order valence-corrected chi connectivity index (χ4v) is 1.62. The van der Waals surface area contributed by atoms with Gasteiger partial charge >= 0.3 is 0 Å². The van der Waals surface area contributed by atoms with Gasteiger partial charge in [-0.1, -0.05) is 27.7 Å². The highest BCUT2D eigenvalue weighted by Gasteiger charge is 2.26. The first-order valence-corrected chi connectivity index (χ1v) is 6.24. The molecule has 0 spiro atoms. The lowest BCUT2D eigenvalue weighted by Gasteiger charge is -2.17. The second-order valence-electron chi connectivity index (χ2n) is 3.85. The van der Waals surface area contributed by atoms with Gasteiger partial charge in [0.25, 0.3) is 0 Å². The van der Waals surface area contributed by atoms with Gasteiger partial charge in [0.15, 0.2) is 0 Å². The van der Waals surface area contributed by atoms with Crippen LogP contribution >= 0.6 is 0 Å². The Morgan fingerprint density at radius 3 is 1.93 bits per heavy atom. The molecular formula is C13H30O2. The van der Waals surface area contributed by atoms with Crippen molar-refractivity contribution in [3.63, 3.8) is 0 Å². The third-order valence-electron chi connectivity index (χ3n) is 2.58. The van der Waals surface area contributed by atoms with E-state index in [-0.39, 0.29) is 0 Å². The smallest absolute Gasteiger partial charge is 0.0578 e. The van der Waals surface area contributed by atoms with Gasteiger partial charge in [-0.3, -0.25) is 0 Å². The van der Waals surface area contributed by atoms with Crippen molar-refractivity contribution in [1.82, 2.24) is 0 Å². The van der Waals surface area contributed by atoms with Crippen molar-refractivity contribution >= 4 is 0 Å². The van der Waals surface area contributed by atoms with E-state index in [1.807, 2.05) is 20.8 Å². The van der Waals surface area contributed by atoms with Crippen molar-refractivity contribution in [2.24, 2.45) is 11.8 Å². The number of methoxy groups -OCH3 is 1. The Labute approximate surface area is 96.4 Å². The molecule has 0 aromatic carbocycles. The second kappa shape index (κ2) is 12.0. The number of hydrogen-bond donors (Lipinski definition) is 0. The Balaban J connectivity index is 0. The monoisotopic (exact) mass is 218 g/mol. The van der Waals surface area contributed by atoms with Crippen molar-refractivity contribution < 1.29 is 9.47 Å². The van der Waals surface area contributed by atoms with E-state index in [1.54, 1.807) is 7.11 Å². The Kier molecular flexibility index (Phi) is 13.8. The average Bonchev–Trinajstić information content (AvgIpc) is 2.68. The van der Waals surface area contributed by atoms with E-state index in [2.05, 4.69) is 25.5 Å². The predicted molar refractivity (Wildman–Crippen MR) is 67.3 cm³/mol. The molecule has 0 saturated carbocycles. The zero-order valence-electron chi connectivity index (χ0n) is 11.7. The van der Waals surface area contributed by atoms with E-state index in [4.69, 9.17) is 4.74 Å². The van der Waals surface area contributed by atoms with Crippen LogP contribution in [0.1, 0.15) is 48.0 Å². The fraction of sp³-hybridized carbons (Fsp3) is 1.00. The molecule has 2 unspecified atom stereocenters. The molecule has 1 saturated heterocycles. The largest absolute Gasteiger partial charge is 0.385 e. The van der Waals surface area contributed by atoms with Crippen LogP contribution in [-0.4, -0.2) is 26.4 Å². The molecule has 0 aliphatic carbocycles. The van der Waals surface area contributed by atoms with Crippen LogP contribution in [0.4, 0.5) is 0 Å².